The van der Waals surface area contributed by atoms with Gasteiger partial charge in [0.15, 0.2) is 6.61 Å². The Morgan fingerprint density at radius 1 is 1.35 bits per heavy atom. The van der Waals surface area contributed by atoms with E-state index in [4.69, 9.17) is 9.84 Å². The SMILES string of the molecule is CN1CC(C(=O)NCCc2ccc(OCC(=O)O)cc2)CC1=O. The first-order valence-corrected chi connectivity index (χ1v) is 7.41. The molecular formula is C16H20N2O5. The molecule has 0 radical (unpaired) electrons. The fraction of sp³-hybridized carbons (Fsp3) is 0.438. The molecule has 1 fully saturated rings. The molecular weight excluding hydrogens is 300 g/mol. The van der Waals surface area contributed by atoms with Crippen molar-refractivity contribution in [3.63, 3.8) is 0 Å². The highest BCUT2D eigenvalue weighted by Gasteiger charge is 2.31. The van der Waals surface area contributed by atoms with Crippen molar-refractivity contribution < 1.29 is 24.2 Å². The lowest BCUT2D eigenvalue weighted by molar-refractivity contribution is -0.139. The van der Waals surface area contributed by atoms with Crippen LogP contribution in [0.3, 0.4) is 0 Å². The van der Waals surface area contributed by atoms with Crippen LogP contribution in [0, 0.1) is 5.92 Å². The molecule has 1 aliphatic heterocycles. The van der Waals surface area contributed by atoms with Crippen molar-refractivity contribution in [1.82, 2.24) is 10.2 Å². The summed E-state index contributed by atoms with van der Waals surface area (Å²) in [4.78, 5) is 35.3. The second-order valence-electron chi connectivity index (χ2n) is 5.54. The normalized spacial score (nSPS) is 17.2. The van der Waals surface area contributed by atoms with Gasteiger partial charge in [-0.25, -0.2) is 4.79 Å². The number of nitrogens with one attached hydrogen (secondary N) is 1. The maximum atomic E-state index is 12.0. The summed E-state index contributed by atoms with van der Waals surface area (Å²) in [5, 5.41) is 11.4. The Bertz CT molecular complexity index is 585. The van der Waals surface area contributed by atoms with Gasteiger partial charge in [0.1, 0.15) is 5.75 Å². The number of rotatable bonds is 7. The van der Waals surface area contributed by atoms with Crippen molar-refractivity contribution >= 4 is 17.8 Å². The molecule has 7 nitrogen and oxygen atoms in total. The summed E-state index contributed by atoms with van der Waals surface area (Å²) in [5.41, 5.74) is 1.01. The molecule has 1 aromatic rings. The number of ether oxygens (including phenoxy) is 1. The Morgan fingerprint density at radius 2 is 2.04 bits per heavy atom. The first-order valence-electron chi connectivity index (χ1n) is 7.41. The van der Waals surface area contributed by atoms with Crippen molar-refractivity contribution in [2.24, 2.45) is 5.92 Å². The molecule has 1 heterocycles. The second-order valence-corrected chi connectivity index (χ2v) is 5.54. The molecule has 2 N–H and O–H groups in total. The lowest BCUT2D eigenvalue weighted by Gasteiger charge is -2.11. The smallest absolute Gasteiger partial charge is 0.341 e. The number of nitrogens with zero attached hydrogens (tertiary/aromatic N) is 1. The topological polar surface area (TPSA) is 95.9 Å². The van der Waals surface area contributed by atoms with E-state index in [1.54, 1.807) is 24.1 Å². The summed E-state index contributed by atoms with van der Waals surface area (Å²) >= 11 is 0. The van der Waals surface area contributed by atoms with Gasteiger partial charge in [0.2, 0.25) is 11.8 Å². The summed E-state index contributed by atoms with van der Waals surface area (Å²) in [6.07, 6.45) is 0.930. The molecule has 0 aliphatic carbocycles. The minimum atomic E-state index is -1.02. The predicted octanol–water partition coefficient (Wildman–Crippen LogP) is 0.287. The van der Waals surface area contributed by atoms with Crippen LogP contribution in [0.5, 0.6) is 5.75 Å². The molecule has 7 heteroatoms. The Morgan fingerprint density at radius 3 is 2.61 bits per heavy atom. The third kappa shape index (κ3) is 4.98. The number of carboxylic acids is 1. The Labute approximate surface area is 134 Å². The Balaban J connectivity index is 1.72. The molecule has 2 amide bonds. The largest absolute Gasteiger partial charge is 0.482 e. The second kappa shape index (κ2) is 7.62. The monoisotopic (exact) mass is 320 g/mol. The van der Waals surface area contributed by atoms with Gasteiger partial charge in [0, 0.05) is 26.6 Å². The molecule has 1 aromatic carbocycles. The van der Waals surface area contributed by atoms with Gasteiger partial charge in [-0.05, 0) is 24.1 Å². The molecule has 23 heavy (non-hydrogen) atoms. The van der Waals surface area contributed by atoms with Crippen LogP contribution in [-0.4, -0.2) is 54.5 Å². The number of aliphatic carboxylic acids is 1. The molecule has 0 saturated carbocycles. The van der Waals surface area contributed by atoms with Gasteiger partial charge >= 0.3 is 5.97 Å². The van der Waals surface area contributed by atoms with Crippen molar-refractivity contribution in [3.05, 3.63) is 29.8 Å². The zero-order valence-electron chi connectivity index (χ0n) is 12.9. The number of carbonyl (C=O) groups excluding carboxylic acids is 2. The van der Waals surface area contributed by atoms with Gasteiger partial charge in [-0.2, -0.15) is 0 Å². The highest BCUT2D eigenvalue weighted by atomic mass is 16.5. The number of carboxylic acid groups (broad SMARTS) is 1. The number of amides is 2. The number of benzene rings is 1. The minimum absolute atomic E-state index is 0.00194. The van der Waals surface area contributed by atoms with Crippen LogP contribution in [0.4, 0.5) is 0 Å². The van der Waals surface area contributed by atoms with Crippen molar-refractivity contribution in [3.8, 4) is 5.75 Å². The number of likely N-dealkylation sites (tertiary alicyclic amines) is 1. The van der Waals surface area contributed by atoms with Crippen LogP contribution >= 0.6 is 0 Å². The standard InChI is InChI=1S/C16H20N2O5/c1-18-9-12(8-14(18)19)16(22)17-7-6-11-2-4-13(5-3-11)23-10-15(20)21/h2-5,12H,6-10H2,1H3,(H,17,22)(H,20,21). The van der Waals surface area contributed by atoms with E-state index in [0.717, 1.165) is 5.56 Å². The first-order chi connectivity index (χ1) is 11.0. The number of carbonyl (C=O) groups is 3. The van der Waals surface area contributed by atoms with Gasteiger partial charge in [0.05, 0.1) is 5.92 Å². The molecule has 0 spiro atoms. The summed E-state index contributed by atoms with van der Waals surface area (Å²) < 4.78 is 5.05. The molecule has 0 aromatic heterocycles. The van der Waals surface area contributed by atoms with Crippen LogP contribution in [0.2, 0.25) is 0 Å². The van der Waals surface area contributed by atoms with Crippen LogP contribution in [0.25, 0.3) is 0 Å². The number of hydrogen-bond donors (Lipinski definition) is 2. The molecule has 1 aliphatic rings. The van der Waals surface area contributed by atoms with E-state index >= 15 is 0 Å². The lowest BCUT2D eigenvalue weighted by atomic mass is 10.1. The predicted molar refractivity (Wildman–Crippen MR) is 82.0 cm³/mol. The quantitative estimate of drug-likeness (QED) is 0.753. The Hall–Kier alpha value is -2.57. The van der Waals surface area contributed by atoms with Crippen LogP contribution in [-0.2, 0) is 20.8 Å². The van der Waals surface area contributed by atoms with E-state index in [2.05, 4.69) is 5.32 Å². The van der Waals surface area contributed by atoms with Gasteiger partial charge in [-0.1, -0.05) is 12.1 Å². The van der Waals surface area contributed by atoms with Crippen molar-refractivity contribution in [2.75, 3.05) is 26.7 Å². The fourth-order valence-electron chi connectivity index (χ4n) is 2.41. The maximum absolute atomic E-state index is 12.0. The van der Waals surface area contributed by atoms with Crippen LogP contribution < -0.4 is 10.1 Å². The highest BCUT2D eigenvalue weighted by molar-refractivity contribution is 5.89. The molecule has 1 saturated heterocycles. The van der Waals surface area contributed by atoms with Gasteiger partial charge in [0.25, 0.3) is 0 Å². The fourth-order valence-corrected chi connectivity index (χ4v) is 2.41. The van der Waals surface area contributed by atoms with Crippen LogP contribution in [0.15, 0.2) is 24.3 Å². The average molecular weight is 320 g/mol. The summed E-state index contributed by atoms with van der Waals surface area (Å²) in [5.74, 6) is -0.883. The number of hydrogen-bond acceptors (Lipinski definition) is 4. The summed E-state index contributed by atoms with van der Waals surface area (Å²) in [7, 11) is 1.70. The summed E-state index contributed by atoms with van der Waals surface area (Å²) in [6.45, 7) is 0.590. The zero-order chi connectivity index (χ0) is 16.8. The van der Waals surface area contributed by atoms with E-state index in [1.165, 1.54) is 0 Å². The highest BCUT2D eigenvalue weighted by Crippen LogP contribution is 2.16. The molecule has 2 rings (SSSR count). The minimum Gasteiger partial charge on any atom is -0.482 e. The third-order valence-corrected chi connectivity index (χ3v) is 3.71. The molecule has 124 valence electrons. The molecule has 1 unspecified atom stereocenters. The molecule has 0 bridgehead atoms. The maximum Gasteiger partial charge on any atom is 0.341 e. The average Bonchev–Trinajstić information content (AvgIpc) is 2.86. The van der Waals surface area contributed by atoms with Gasteiger partial charge in [-0.15, -0.1) is 0 Å². The zero-order valence-corrected chi connectivity index (χ0v) is 12.9. The van der Waals surface area contributed by atoms with Gasteiger partial charge < -0.3 is 20.1 Å². The first kappa shape index (κ1) is 16.8. The van der Waals surface area contributed by atoms with Crippen molar-refractivity contribution in [1.29, 1.82) is 0 Å². The van der Waals surface area contributed by atoms with Crippen LogP contribution in [0.1, 0.15) is 12.0 Å². The van der Waals surface area contributed by atoms with E-state index in [1.807, 2.05) is 12.1 Å². The van der Waals surface area contributed by atoms with Crippen molar-refractivity contribution in [2.45, 2.75) is 12.8 Å². The van der Waals surface area contributed by atoms with E-state index < -0.39 is 5.97 Å². The van der Waals surface area contributed by atoms with E-state index in [-0.39, 0.29) is 30.8 Å². The summed E-state index contributed by atoms with van der Waals surface area (Å²) in [6, 6.07) is 7.06. The Kier molecular flexibility index (Phi) is 5.56. The third-order valence-electron chi connectivity index (χ3n) is 3.71. The van der Waals surface area contributed by atoms with E-state index in [0.29, 0.717) is 25.3 Å². The van der Waals surface area contributed by atoms with E-state index in [9.17, 15) is 14.4 Å². The van der Waals surface area contributed by atoms with Gasteiger partial charge in [-0.3, -0.25) is 9.59 Å². The molecule has 1 atom stereocenters. The lowest BCUT2D eigenvalue weighted by Crippen LogP contribution is -2.33.